The largest absolute Gasteiger partial charge is 0.496 e. The maximum atomic E-state index is 12.9. The van der Waals surface area contributed by atoms with Gasteiger partial charge in [-0.25, -0.2) is 15.0 Å². The summed E-state index contributed by atoms with van der Waals surface area (Å²) in [6.45, 7) is 0.262. The standard InChI is InChI=1S/C33H26N6O3/c1-42-29-11-5-9-24(26(29)20-40)33(41)36-19-21-12-14-23(15-13-21)39-31(25-10-6-18-35-30(25)34)38-28-17-16-27(37-32(28)39)22-7-3-2-4-8-22/h2-18,20H,19H2,1H3,(H2,34,35)(H,36,41). The molecule has 0 atom stereocenters. The summed E-state index contributed by atoms with van der Waals surface area (Å²) in [5, 5.41) is 2.89. The van der Waals surface area contributed by atoms with Crippen molar-refractivity contribution in [1.29, 1.82) is 0 Å². The number of carbonyl (C=O) groups is 2. The van der Waals surface area contributed by atoms with Gasteiger partial charge >= 0.3 is 0 Å². The number of aromatic nitrogens is 4. The summed E-state index contributed by atoms with van der Waals surface area (Å²) in [4.78, 5) is 38.6. The lowest BCUT2D eigenvalue weighted by atomic mass is 10.1. The fraction of sp³-hybridized carbons (Fsp3) is 0.0606. The number of hydrogen-bond donors (Lipinski definition) is 2. The number of nitrogens with two attached hydrogens (primary N) is 1. The van der Waals surface area contributed by atoms with Crippen molar-refractivity contribution < 1.29 is 14.3 Å². The molecule has 206 valence electrons. The van der Waals surface area contributed by atoms with Crippen LogP contribution in [0.3, 0.4) is 0 Å². The van der Waals surface area contributed by atoms with E-state index in [2.05, 4.69) is 10.3 Å². The molecule has 0 aliphatic heterocycles. The third-order valence-corrected chi connectivity index (χ3v) is 6.95. The van der Waals surface area contributed by atoms with Gasteiger partial charge in [-0.15, -0.1) is 0 Å². The van der Waals surface area contributed by atoms with Crippen LogP contribution in [0.25, 0.3) is 39.5 Å². The first-order valence-electron chi connectivity index (χ1n) is 13.2. The van der Waals surface area contributed by atoms with Crippen LogP contribution in [-0.2, 0) is 6.54 Å². The molecule has 0 fully saturated rings. The van der Waals surface area contributed by atoms with E-state index < -0.39 is 0 Å². The molecule has 1 amide bonds. The molecule has 3 aromatic heterocycles. The van der Waals surface area contributed by atoms with E-state index in [1.54, 1.807) is 24.4 Å². The van der Waals surface area contributed by atoms with Crippen LogP contribution in [0.15, 0.2) is 103 Å². The Morgan fingerprint density at radius 2 is 1.74 bits per heavy atom. The lowest BCUT2D eigenvalue weighted by Gasteiger charge is -2.12. The summed E-state index contributed by atoms with van der Waals surface area (Å²) in [6.07, 6.45) is 2.27. The minimum atomic E-state index is -0.368. The molecule has 3 N–H and O–H groups in total. The number of nitrogens with one attached hydrogen (secondary N) is 1. The van der Waals surface area contributed by atoms with Gasteiger partial charge in [0.1, 0.15) is 17.1 Å². The average Bonchev–Trinajstić information content (AvgIpc) is 3.42. The first-order valence-corrected chi connectivity index (χ1v) is 13.2. The van der Waals surface area contributed by atoms with Crippen LogP contribution >= 0.6 is 0 Å². The minimum absolute atomic E-state index is 0.212. The second-order valence-electron chi connectivity index (χ2n) is 9.50. The highest BCUT2D eigenvalue weighted by molar-refractivity contribution is 6.02. The number of imidazole rings is 1. The highest BCUT2D eigenvalue weighted by Crippen LogP contribution is 2.31. The van der Waals surface area contributed by atoms with Gasteiger partial charge in [-0.2, -0.15) is 0 Å². The smallest absolute Gasteiger partial charge is 0.252 e. The van der Waals surface area contributed by atoms with Crippen molar-refractivity contribution >= 4 is 29.2 Å². The molecule has 0 saturated heterocycles. The quantitative estimate of drug-likeness (QED) is 0.239. The Kier molecular flexibility index (Phi) is 7.13. The zero-order valence-electron chi connectivity index (χ0n) is 22.7. The number of pyridine rings is 2. The molecule has 42 heavy (non-hydrogen) atoms. The van der Waals surface area contributed by atoms with Crippen molar-refractivity contribution in [3.05, 3.63) is 120 Å². The molecule has 6 rings (SSSR count). The summed E-state index contributed by atoms with van der Waals surface area (Å²) >= 11 is 0. The van der Waals surface area contributed by atoms with Crippen molar-refractivity contribution in [3.8, 4) is 34.1 Å². The number of hydrogen-bond acceptors (Lipinski definition) is 7. The third kappa shape index (κ3) is 4.95. The van der Waals surface area contributed by atoms with E-state index in [0.29, 0.717) is 40.4 Å². The molecule has 3 aromatic carbocycles. The summed E-state index contributed by atoms with van der Waals surface area (Å²) in [5.41, 5.74) is 12.3. The Bertz CT molecular complexity index is 1920. The fourth-order valence-electron chi connectivity index (χ4n) is 4.84. The van der Waals surface area contributed by atoms with Crippen LogP contribution in [0.4, 0.5) is 5.82 Å². The number of methoxy groups -OCH3 is 1. The molecule has 6 aromatic rings. The van der Waals surface area contributed by atoms with Crippen LogP contribution < -0.4 is 15.8 Å². The van der Waals surface area contributed by atoms with Gasteiger partial charge in [0.15, 0.2) is 17.8 Å². The Labute approximate surface area is 241 Å². The Morgan fingerprint density at radius 1 is 0.929 bits per heavy atom. The molecule has 9 nitrogen and oxygen atoms in total. The summed E-state index contributed by atoms with van der Waals surface area (Å²) in [5.74, 6) is 0.967. The Hall–Kier alpha value is -5.83. The lowest BCUT2D eigenvalue weighted by molar-refractivity contribution is 0.0944. The van der Waals surface area contributed by atoms with Gasteiger partial charge in [-0.1, -0.05) is 48.5 Å². The van der Waals surface area contributed by atoms with Crippen LogP contribution in [0.1, 0.15) is 26.3 Å². The number of nitrogens with zero attached hydrogens (tertiary/aromatic N) is 4. The minimum Gasteiger partial charge on any atom is -0.496 e. The summed E-state index contributed by atoms with van der Waals surface area (Å²) < 4.78 is 7.18. The van der Waals surface area contributed by atoms with Crippen molar-refractivity contribution in [1.82, 2.24) is 24.8 Å². The van der Waals surface area contributed by atoms with Gasteiger partial charge in [0.05, 0.1) is 29.5 Å². The van der Waals surface area contributed by atoms with Crippen LogP contribution in [-0.4, -0.2) is 38.8 Å². The highest BCUT2D eigenvalue weighted by Gasteiger charge is 2.19. The number of benzene rings is 3. The molecule has 0 saturated carbocycles. The Morgan fingerprint density at radius 3 is 2.48 bits per heavy atom. The number of carbonyl (C=O) groups excluding carboxylic acids is 2. The number of fused-ring (bicyclic) bond motifs is 1. The van der Waals surface area contributed by atoms with Gasteiger partial charge in [0.2, 0.25) is 0 Å². The van der Waals surface area contributed by atoms with E-state index in [9.17, 15) is 9.59 Å². The second-order valence-corrected chi connectivity index (χ2v) is 9.50. The van der Waals surface area contributed by atoms with Crippen molar-refractivity contribution in [3.63, 3.8) is 0 Å². The molecular formula is C33H26N6O3. The lowest BCUT2D eigenvalue weighted by Crippen LogP contribution is -2.24. The van der Waals surface area contributed by atoms with E-state index in [1.807, 2.05) is 83.4 Å². The Balaban J connectivity index is 1.35. The summed E-state index contributed by atoms with van der Waals surface area (Å²) in [6, 6.07) is 30.2. The maximum absolute atomic E-state index is 12.9. The molecule has 0 unspecified atom stereocenters. The number of rotatable bonds is 8. The van der Waals surface area contributed by atoms with Gasteiger partial charge in [0.25, 0.3) is 5.91 Å². The van der Waals surface area contributed by atoms with Crippen LogP contribution in [0, 0.1) is 0 Å². The number of nitrogen functional groups attached to an aromatic ring is 1. The zero-order chi connectivity index (χ0) is 29.1. The van der Waals surface area contributed by atoms with Gasteiger partial charge in [0, 0.05) is 24.0 Å². The first-order chi connectivity index (χ1) is 20.6. The molecule has 0 bridgehead atoms. The molecule has 0 spiro atoms. The molecule has 3 heterocycles. The highest BCUT2D eigenvalue weighted by atomic mass is 16.5. The molecule has 9 heteroatoms. The van der Waals surface area contributed by atoms with Crippen molar-refractivity contribution in [2.24, 2.45) is 0 Å². The number of amides is 1. The average molecular weight is 555 g/mol. The molecule has 0 radical (unpaired) electrons. The maximum Gasteiger partial charge on any atom is 0.252 e. The topological polar surface area (TPSA) is 125 Å². The van der Waals surface area contributed by atoms with Crippen LogP contribution in [0.5, 0.6) is 5.75 Å². The van der Waals surface area contributed by atoms with Gasteiger partial charge < -0.3 is 15.8 Å². The summed E-state index contributed by atoms with van der Waals surface area (Å²) in [7, 11) is 1.46. The molecule has 0 aliphatic carbocycles. The number of aldehydes is 1. The normalized spacial score (nSPS) is 10.9. The van der Waals surface area contributed by atoms with E-state index in [4.69, 9.17) is 20.4 Å². The number of anilines is 1. The van der Waals surface area contributed by atoms with E-state index in [1.165, 1.54) is 7.11 Å². The predicted octanol–water partition coefficient (Wildman–Crippen LogP) is 5.48. The van der Waals surface area contributed by atoms with Crippen molar-refractivity contribution in [2.45, 2.75) is 6.54 Å². The fourth-order valence-corrected chi connectivity index (χ4v) is 4.84. The van der Waals surface area contributed by atoms with Gasteiger partial charge in [-0.3, -0.25) is 14.2 Å². The van der Waals surface area contributed by atoms with Gasteiger partial charge in [-0.05, 0) is 54.1 Å². The second kappa shape index (κ2) is 11.3. The zero-order valence-corrected chi connectivity index (χ0v) is 22.7. The third-order valence-electron chi connectivity index (χ3n) is 6.95. The predicted molar refractivity (Wildman–Crippen MR) is 161 cm³/mol. The van der Waals surface area contributed by atoms with Crippen LogP contribution in [0.2, 0.25) is 0 Å². The SMILES string of the molecule is COc1cccc(C(=O)NCc2ccc(-n3c(-c4cccnc4N)nc4ccc(-c5ccccc5)nc43)cc2)c1C=O. The van der Waals surface area contributed by atoms with E-state index >= 15 is 0 Å². The van der Waals surface area contributed by atoms with E-state index in [0.717, 1.165) is 22.5 Å². The molecular weight excluding hydrogens is 528 g/mol. The first kappa shape index (κ1) is 26.4. The number of ether oxygens (including phenoxy) is 1. The monoisotopic (exact) mass is 554 g/mol. The van der Waals surface area contributed by atoms with E-state index in [-0.39, 0.29) is 23.6 Å². The van der Waals surface area contributed by atoms with Crippen molar-refractivity contribution in [2.75, 3.05) is 12.8 Å². The molecule has 0 aliphatic rings.